The lowest BCUT2D eigenvalue weighted by Gasteiger charge is -2.26. The Balaban J connectivity index is 1.75. The molecule has 0 bridgehead atoms. The minimum absolute atomic E-state index is 0.433. The van der Waals surface area contributed by atoms with E-state index in [9.17, 15) is 4.79 Å². The standard InChI is InChI=1S/C31H36N2O/c1-22-10-6-11-25(15-14-23(22)2)31-29(13-7-18-33-31)28-12-5-4-9-24(3)27-17-16-26(21-30(27)28)32-19-8-20-34/h4-6,10-13,16-17,20-21,24,32H,7-9,14-15,18-19H2,1-3H3/b5-4+,10-6-,23-22+,25-11+,28-12-. The van der Waals surface area contributed by atoms with E-state index in [1.54, 1.807) is 0 Å². The lowest BCUT2D eigenvalue weighted by molar-refractivity contribution is -0.107. The number of rotatable bonds is 6. The van der Waals surface area contributed by atoms with E-state index >= 15 is 0 Å². The molecule has 2 aliphatic carbocycles. The Morgan fingerprint density at radius 2 is 2.00 bits per heavy atom. The van der Waals surface area contributed by atoms with Crippen LogP contribution in [0.25, 0.3) is 5.57 Å². The van der Waals surface area contributed by atoms with Gasteiger partial charge in [-0.2, -0.15) is 0 Å². The second-order valence-corrected chi connectivity index (χ2v) is 9.48. The van der Waals surface area contributed by atoms with E-state index in [0.29, 0.717) is 18.9 Å². The number of benzene rings is 1. The van der Waals surface area contributed by atoms with E-state index in [1.807, 2.05) is 0 Å². The van der Waals surface area contributed by atoms with E-state index in [0.717, 1.165) is 49.9 Å². The molecular formula is C31H36N2O. The van der Waals surface area contributed by atoms with Gasteiger partial charge < -0.3 is 10.1 Å². The van der Waals surface area contributed by atoms with Crippen LogP contribution in [-0.2, 0) is 4.79 Å². The molecule has 0 aromatic heterocycles. The maximum atomic E-state index is 10.8. The third-order valence-electron chi connectivity index (χ3n) is 7.04. The fraction of sp³-hybridized carbons (Fsp3) is 0.355. The van der Waals surface area contributed by atoms with Crippen LogP contribution in [0.5, 0.6) is 0 Å². The zero-order chi connectivity index (χ0) is 23.9. The number of dihydropyridines is 1. The largest absolute Gasteiger partial charge is 0.385 e. The molecule has 4 rings (SSSR count). The Labute approximate surface area is 204 Å². The van der Waals surface area contributed by atoms with Crippen molar-refractivity contribution in [2.24, 2.45) is 4.99 Å². The van der Waals surface area contributed by atoms with Crippen LogP contribution in [0.4, 0.5) is 5.69 Å². The second kappa shape index (κ2) is 11.3. The normalized spacial score (nSPS) is 27.7. The number of hydrogen-bond donors (Lipinski definition) is 1. The lowest BCUT2D eigenvalue weighted by atomic mass is 9.81. The van der Waals surface area contributed by atoms with Crippen LogP contribution >= 0.6 is 0 Å². The molecule has 176 valence electrons. The quantitative estimate of drug-likeness (QED) is 0.358. The van der Waals surface area contributed by atoms with Crippen molar-refractivity contribution in [3.8, 4) is 0 Å². The molecule has 0 amide bonds. The molecule has 1 N–H and O–H groups in total. The summed E-state index contributed by atoms with van der Waals surface area (Å²) in [6, 6.07) is 6.66. The van der Waals surface area contributed by atoms with E-state index in [2.05, 4.69) is 86.8 Å². The van der Waals surface area contributed by atoms with Gasteiger partial charge in [0.05, 0.1) is 5.71 Å². The molecule has 1 aliphatic heterocycles. The Hall–Kier alpha value is -3.20. The summed E-state index contributed by atoms with van der Waals surface area (Å²) in [6.45, 7) is 8.22. The van der Waals surface area contributed by atoms with Gasteiger partial charge in [0.2, 0.25) is 0 Å². The van der Waals surface area contributed by atoms with Gasteiger partial charge >= 0.3 is 0 Å². The molecule has 1 heterocycles. The van der Waals surface area contributed by atoms with Crippen LogP contribution in [0.15, 0.2) is 88.0 Å². The zero-order valence-corrected chi connectivity index (χ0v) is 20.7. The maximum Gasteiger partial charge on any atom is 0.121 e. The summed E-state index contributed by atoms with van der Waals surface area (Å²) in [6.07, 6.45) is 21.3. The minimum atomic E-state index is 0.433. The van der Waals surface area contributed by atoms with Crippen LogP contribution in [0.1, 0.15) is 69.9 Å². The summed E-state index contributed by atoms with van der Waals surface area (Å²) < 4.78 is 0. The number of carbonyl (C=O) groups excluding carboxylic acids is 1. The summed E-state index contributed by atoms with van der Waals surface area (Å²) >= 11 is 0. The van der Waals surface area contributed by atoms with Crippen molar-refractivity contribution >= 4 is 23.3 Å². The number of fused-ring (bicyclic) bond motifs is 1. The zero-order valence-electron chi connectivity index (χ0n) is 20.7. The number of nitrogens with one attached hydrogen (secondary N) is 1. The Kier molecular flexibility index (Phi) is 7.95. The highest BCUT2D eigenvalue weighted by atomic mass is 16.1. The highest BCUT2D eigenvalue weighted by Gasteiger charge is 2.24. The van der Waals surface area contributed by atoms with Gasteiger partial charge in [-0.3, -0.25) is 4.99 Å². The van der Waals surface area contributed by atoms with Crippen LogP contribution < -0.4 is 5.32 Å². The number of anilines is 1. The first-order chi connectivity index (χ1) is 16.6. The van der Waals surface area contributed by atoms with Gasteiger partial charge in [-0.05, 0) is 79.9 Å². The SMILES string of the molecule is CC1=C(/C)CC\C(C2=NCCC=C2/C2=C/C=C/CC(C)c3ccc(NCCC=O)cc32)=C/C=C\1. The molecule has 0 saturated heterocycles. The minimum Gasteiger partial charge on any atom is -0.385 e. The predicted octanol–water partition coefficient (Wildman–Crippen LogP) is 7.52. The maximum absolute atomic E-state index is 10.8. The summed E-state index contributed by atoms with van der Waals surface area (Å²) in [5, 5.41) is 3.42. The van der Waals surface area contributed by atoms with Gasteiger partial charge in [-0.25, -0.2) is 0 Å². The van der Waals surface area contributed by atoms with Crippen LogP contribution in [0.3, 0.4) is 0 Å². The molecule has 3 heteroatoms. The molecule has 0 spiro atoms. The molecule has 1 atom stereocenters. The topological polar surface area (TPSA) is 41.5 Å². The Morgan fingerprint density at radius 3 is 2.85 bits per heavy atom. The van der Waals surface area contributed by atoms with Crippen molar-refractivity contribution in [1.29, 1.82) is 0 Å². The molecule has 1 aromatic rings. The third-order valence-corrected chi connectivity index (χ3v) is 7.04. The summed E-state index contributed by atoms with van der Waals surface area (Å²) in [5.41, 5.74) is 11.4. The van der Waals surface area contributed by atoms with E-state index < -0.39 is 0 Å². The van der Waals surface area contributed by atoms with Gasteiger partial charge in [0.1, 0.15) is 6.29 Å². The monoisotopic (exact) mass is 452 g/mol. The fourth-order valence-corrected chi connectivity index (χ4v) is 4.83. The molecule has 1 unspecified atom stereocenters. The average Bonchev–Trinajstić information content (AvgIpc) is 2.84. The smallest absolute Gasteiger partial charge is 0.121 e. The predicted molar refractivity (Wildman–Crippen MR) is 146 cm³/mol. The highest BCUT2D eigenvalue weighted by molar-refractivity contribution is 6.22. The van der Waals surface area contributed by atoms with Crippen LogP contribution in [0, 0.1) is 0 Å². The second-order valence-electron chi connectivity index (χ2n) is 9.48. The number of carbonyl (C=O) groups is 1. The average molecular weight is 453 g/mol. The van der Waals surface area contributed by atoms with Gasteiger partial charge in [0, 0.05) is 30.8 Å². The number of hydrogen-bond acceptors (Lipinski definition) is 3. The van der Waals surface area contributed by atoms with Crippen molar-refractivity contribution in [3.63, 3.8) is 0 Å². The molecular weight excluding hydrogens is 416 g/mol. The lowest BCUT2D eigenvalue weighted by Crippen LogP contribution is -2.15. The van der Waals surface area contributed by atoms with Crippen LogP contribution in [0.2, 0.25) is 0 Å². The third kappa shape index (κ3) is 5.47. The van der Waals surface area contributed by atoms with E-state index in [-0.39, 0.29) is 0 Å². The fourth-order valence-electron chi connectivity index (χ4n) is 4.83. The number of allylic oxidation sites excluding steroid dienone is 11. The number of aldehydes is 1. The van der Waals surface area contributed by atoms with Crippen molar-refractivity contribution in [3.05, 3.63) is 94.2 Å². The first kappa shape index (κ1) is 23.9. The molecule has 1 aromatic carbocycles. The van der Waals surface area contributed by atoms with Crippen molar-refractivity contribution in [2.45, 2.75) is 58.8 Å². The van der Waals surface area contributed by atoms with Crippen molar-refractivity contribution < 1.29 is 4.79 Å². The summed E-state index contributed by atoms with van der Waals surface area (Å²) in [7, 11) is 0. The molecule has 0 saturated carbocycles. The molecule has 0 radical (unpaired) electrons. The number of aliphatic imine (C=N–C) groups is 1. The first-order valence-corrected chi connectivity index (χ1v) is 12.6. The van der Waals surface area contributed by atoms with E-state index in [1.165, 1.54) is 39.0 Å². The van der Waals surface area contributed by atoms with Gasteiger partial charge in [-0.1, -0.05) is 66.7 Å². The molecule has 3 nitrogen and oxygen atoms in total. The Bertz CT molecular complexity index is 1150. The number of nitrogens with zero attached hydrogens (tertiary/aromatic N) is 1. The van der Waals surface area contributed by atoms with Gasteiger partial charge in [-0.15, -0.1) is 0 Å². The highest BCUT2D eigenvalue weighted by Crippen LogP contribution is 2.38. The van der Waals surface area contributed by atoms with Gasteiger partial charge in [0.15, 0.2) is 0 Å². The molecule has 34 heavy (non-hydrogen) atoms. The summed E-state index contributed by atoms with van der Waals surface area (Å²) in [5.74, 6) is 0.433. The first-order valence-electron chi connectivity index (χ1n) is 12.6. The Morgan fingerprint density at radius 1 is 1.12 bits per heavy atom. The van der Waals surface area contributed by atoms with Gasteiger partial charge in [0.25, 0.3) is 0 Å². The molecule has 0 fully saturated rings. The van der Waals surface area contributed by atoms with Crippen LogP contribution in [-0.4, -0.2) is 25.1 Å². The molecule has 3 aliphatic rings. The summed E-state index contributed by atoms with van der Waals surface area (Å²) in [4.78, 5) is 15.9. The van der Waals surface area contributed by atoms with Crippen molar-refractivity contribution in [2.75, 3.05) is 18.4 Å². The van der Waals surface area contributed by atoms with Crippen molar-refractivity contribution in [1.82, 2.24) is 0 Å². The van der Waals surface area contributed by atoms with E-state index in [4.69, 9.17) is 4.99 Å².